The van der Waals surface area contributed by atoms with E-state index in [1.165, 1.54) is 12.1 Å². The van der Waals surface area contributed by atoms with Gasteiger partial charge in [-0.3, -0.25) is 19.7 Å². The largest absolute Gasteiger partial charge is 0.383 e. The third-order valence-electron chi connectivity index (χ3n) is 3.80. The van der Waals surface area contributed by atoms with E-state index in [0.29, 0.717) is 26.2 Å². The Morgan fingerprint density at radius 2 is 2.04 bits per heavy atom. The number of non-ortho nitro benzene ring substituents is 1. The predicted molar refractivity (Wildman–Crippen MR) is 85.0 cm³/mol. The number of hydrogen-bond acceptors (Lipinski definition) is 5. The number of nitro benzene ring substituents is 1. The average Bonchev–Trinajstić information content (AvgIpc) is 2.93. The quantitative estimate of drug-likeness (QED) is 0.443. The maximum atomic E-state index is 12.0. The van der Waals surface area contributed by atoms with Crippen molar-refractivity contribution in [3.05, 3.63) is 34.4 Å². The summed E-state index contributed by atoms with van der Waals surface area (Å²) in [6.45, 7) is 3.93. The summed E-state index contributed by atoms with van der Waals surface area (Å²) in [5, 5.41) is 16.4. The highest BCUT2D eigenvalue weighted by Gasteiger charge is 2.32. The van der Waals surface area contributed by atoms with E-state index in [1.807, 2.05) is 6.92 Å². The lowest BCUT2D eigenvalue weighted by Crippen LogP contribution is -2.35. The van der Waals surface area contributed by atoms with Gasteiger partial charge in [-0.25, -0.2) is 0 Å². The van der Waals surface area contributed by atoms with Crippen LogP contribution in [0.1, 0.15) is 13.3 Å². The lowest BCUT2D eigenvalue weighted by atomic mass is 10.1. The molecular formula is C15H20N4O4. The third kappa shape index (κ3) is 4.41. The van der Waals surface area contributed by atoms with Crippen LogP contribution in [0.3, 0.4) is 0 Å². The molecule has 1 fully saturated rings. The van der Waals surface area contributed by atoms with E-state index in [-0.39, 0.29) is 29.8 Å². The molecule has 1 aliphatic rings. The van der Waals surface area contributed by atoms with Gasteiger partial charge in [0.25, 0.3) is 5.69 Å². The van der Waals surface area contributed by atoms with Gasteiger partial charge >= 0.3 is 0 Å². The summed E-state index contributed by atoms with van der Waals surface area (Å²) in [5.74, 6) is -0.363. The smallest absolute Gasteiger partial charge is 0.269 e. The molecule has 0 saturated carbocycles. The second-order valence-corrected chi connectivity index (χ2v) is 5.36. The molecule has 23 heavy (non-hydrogen) atoms. The highest BCUT2D eigenvalue weighted by atomic mass is 16.6. The maximum Gasteiger partial charge on any atom is 0.269 e. The fourth-order valence-corrected chi connectivity index (χ4v) is 2.49. The summed E-state index contributed by atoms with van der Waals surface area (Å²) >= 11 is 0. The number of benzene rings is 1. The van der Waals surface area contributed by atoms with E-state index < -0.39 is 4.92 Å². The van der Waals surface area contributed by atoms with E-state index in [0.717, 1.165) is 5.69 Å². The van der Waals surface area contributed by atoms with Crippen molar-refractivity contribution in [3.8, 4) is 0 Å². The van der Waals surface area contributed by atoms with Crippen molar-refractivity contribution in [2.45, 2.75) is 13.3 Å². The first kappa shape index (κ1) is 16.7. The first-order chi connectivity index (χ1) is 11.0. The maximum absolute atomic E-state index is 12.0. The highest BCUT2D eigenvalue weighted by Crippen LogP contribution is 2.17. The van der Waals surface area contributed by atoms with E-state index in [9.17, 15) is 19.7 Å². The van der Waals surface area contributed by atoms with Crippen molar-refractivity contribution < 1.29 is 14.5 Å². The molecule has 0 radical (unpaired) electrons. The lowest BCUT2D eigenvalue weighted by molar-refractivity contribution is -0.384. The van der Waals surface area contributed by atoms with Crippen LogP contribution in [0.15, 0.2) is 24.3 Å². The Kier molecular flexibility index (Phi) is 5.51. The van der Waals surface area contributed by atoms with Crippen molar-refractivity contribution >= 4 is 23.2 Å². The Morgan fingerprint density at radius 3 is 2.61 bits per heavy atom. The van der Waals surface area contributed by atoms with Crippen molar-refractivity contribution in [1.82, 2.24) is 10.2 Å². The van der Waals surface area contributed by atoms with Crippen molar-refractivity contribution in [2.24, 2.45) is 5.92 Å². The monoisotopic (exact) mass is 320 g/mol. The van der Waals surface area contributed by atoms with E-state index >= 15 is 0 Å². The Bertz CT molecular complexity index is 588. The second-order valence-electron chi connectivity index (χ2n) is 5.36. The average molecular weight is 320 g/mol. The van der Waals surface area contributed by atoms with Gasteiger partial charge in [-0.15, -0.1) is 0 Å². The number of nitro groups is 1. The number of nitrogens with one attached hydrogen (secondary N) is 2. The minimum Gasteiger partial charge on any atom is -0.383 e. The number of nitrogens with zero attached hydrogens (tertiary/aromatic N) is 2. The van der Waals surface area contributed by atoms with Crippen LogP contribution in [0.5, 0.6) is 0 Å². The second kappa shape index (κ2) is 7.57. The van der Waals surface area contributed by atoms with Gasteiger partial charge in [0.2, 0.25) is 11.8 Å². The molecule has 8 nitrogen and oxygen atoms in total. The molecule has 1 aromatic carbocycles. The number of anilines is 1. The molecule has 1 saturated heterocycles. The molecule has 0 unspecified atom stereocenters. The van der Waals surface area contributed by atoms with Crippen LogP contribution in [-0.4, -0.2) is 47.8 Å². The normalized spacial score (nSPS) is 17.2. The van der Waals surface area contributed by atoms with Gasteiger partial charge < -0.3 is 15.5 Å². The molecule has 1 atom stereocenters. The summed E-state index contributed by atoms with van der Waals surface area (Å²) < 4.78 is 0. The molecule has 2 rings (SSSR count). The highest BCUT2D eigenvalue weighted by molar-refractivity contribution is 5.89. The van der Waals surface area contributed by atoms with Crippen molar-refractivity contribution in [3.63, 3.8) is 0 Å². The number of carbonyl (C=O) groups excluding carboxylic acids is 2. The minimum absolute atomic E-state index is 0.0247. The zero-order valence-electron chi connectivity index (χ0n) is 12.9. The summed E-state index contributed by atoms with van der Waals surface area (Å²) in [6.07, 6.45) is 0.273. The topological polar surface area (TPSA) is 105 Å². The molecule has 2 amide bonds. The summed E-state index contributed by atoms with van der Waals surface area (Å²) in [6, 6.07) is 6.08. The van der Waals surface area contributed by atoms with E-state index in [2.05, 4.69) is 10.6 Å². The van der Waals surface area contributed by atoms with Crippen molar-refractivity contribution in [2.75, 3.05) is 31.5 Å². The minimum atomic E-state index is -0.452. The fraction of sp³-hybridized carbons (Fsp3) is 0.467. The fourth-order valence-electron chi connectivity index (χ4n) is 2.49. The summed E-state index contributed by atoms with van der Waals surface area (Å²) in [7, 11) is 0. The molecular weight excluding hydrogens is 300 g/mol. The standard InChI is InChI=1S/C15H20N4O4/c1-2-18-10-11(9-14(18)20)15(21)17-8-7-16-12-3-5-13(6-4-12)19(22)23/h3-6,11,16H,2,7-10H2,1H3,(H,17,21)/t11-/m1/s1. The number of hydrogen-bond donors (Lipinski definition) is 2. The third-order valence-corrected chi connectivity index (χ3v) is 3.80. The number of amides is 2. The molecule has 0 spiro atoms. The Labute approximate surface area is 134 Å². The van der Waals surface area contributed by atoms with Gasteiger partial charge in [0, 0.05) is 50.4 Å². The zero-order chi connectivity index (χ0) is 16.8. The van der Waals surface area contributed by atoms with Crippen LogP contribution in [-0.2, 0) is 9.59 Å². The molecule has 124 valence electrons. The van der Waals surface area contributed by atoms with Gasteiger partial charge in [-0.2, -0.15) is 0 Å². The molecule has 8 heteroatoms. The Balaban J connectivity index is 1.70. The van der Waals surface area contributed by atoms with Gasteiger partial charge in [-0.1, -0.05) is 0 Å². The van der Waals surface area contributed by atoms with Crippen LogP contribution in [0.2, 0.25) is 0 Å². The first-order valence-electron chi connectivity index (χ1n) is 7.55. The molecule has 1 aliphatic heterocycles. The van der Waals surface area contributed by atoms with E-state index in [4.69, 9.17) is 0 Å². The number of carbonyl (C=O) groups is 2. The van der Waals surface area contributed by atoms with Gasteiger partial charge in [0.1, 0.15) is 0 Å². The van der Waals surface area contributed by atoms with Crippen LogP contribution < -0.4 is 10.6 Å². The summed E-state index contributed by atoms with van der Waals surface area (Å²) in [5.41, 5.74) is 0.785. The van der Waals surface area contributed by atoms with Crippen LogP contribution in [0.25, 0.3) is 0 Å². The summed E-state index contributed by atoms with van der Waals surface area (Å²) in [4.78, 5) is 35.4. The Morgan fingerprint density at radius 1 is 1.35 bits per heavy atom. The van der Waals surface area contributed by atoms with Gasteiger partial charge in [0.05, 0.1) is 10.8 Å². The van der Waals surface area contributed by atoms with Gasteiger partial charge in [-0.05, 0) is 19.1 Å². The Hall–Kier alpha value is -2.64. The van der Waals surface area contributed by atoms with E-state index in [1.54, 1.807) is 17.0 Å². The molecule has 1 heterocycles. The SMILES string of the molecule is CCN1C[C@H](C(=O)NCCNc2ccc([N+](=O)[O-])cc2)CC1=O. The van der Waals surface area contributed by atoms with Crippen LogP contribution in [0, 0.1) is 16.0 Å². The first-order valence-corrected chi connectivity index (χ1v) is 7.55. The lowest BCUT2D eigenvalue weighted by Gasteiger charge is -2.14. The molecule has 0 aromatic heterocycles. The van der Waals surface area contributed by atoms with Crippen LogP contribution >= 0.6 is 0 Å². The molecule has 2 N–H and O–H groups in total. The zero-order valence-corrected chi connectivity index (χ0v) is 12.9. The van der Waals surface area contributed by atoms with Crippen molar-refractivity contribution in [1.29, 1.82) is 0 Å². The predicted octanol–water partition coefficient (Wildman–Crippen LogP) is 0.991. The number of likely N-dealkylation sites (tertiary alicyclic amines) is 1. The molecule has 1 aromatic rings. The van der Waals surface area contributed by atoms with Gasteiger partial charge in [0.15, 0.2) is 0 Å². The van der Waals surface area contributed by atoms with Crippen LogP contribution in [0.4, 0.5) is 11.4 Å². The number of rotatable bonds is 7. The molecule has 0 aliphatic carbocycles. The molecule has 0 bridgehead atoms.